The largest absolute Gasteiger partial charge is 0.507 e. The number of aryl methyl sites for hydroxylation is 1. The van der Waals surface area contributed by atoms with Gasteiger partial charge in [0.05, 0.1) is 0 Å². The highest BCUT2D eigenvalue weighted by Crippen LogP contribution is 2.24. The van der Waals surface area contributed by atoms with Crippen LogP contribution in [0.5, 0.6) is 5.75 Å². The first kappa shape index (κ1) is 11.2. The highest BCUT2D eigenvalue weighted by atomic mass is 16.4. The maximum absolute atomic E-state index is 9.97. The second kappa shape index (κ2) is 4.70. The van der Waals surface area contributed by atoms with Crippen molar-refractivity contribution in [3.05, 3.63) is 65.2 Å². The molecule has 0 saturated heterocycles. The van der Waals surface area contributed by atoms with E-state index in [9.17, 15) is 5.11 Å². The number of rotatable bonds is 2. The molecule has 0 radical (unpaired) electrons. The molecule has 2 aromatic rings. The van der Waals surface area contributed by atoms with Crippen molar-refractivity contribution in [2.45, 2.75) is 6.92 Å². The molecule has 0 spiro atoms. The SMILES string of the molecule is Cc1cccc(/C(=N\O)c2ccccc2)c1O. The van der Waals surface area contributed by atoms with Gasteiger partial charge in [0.1, 0.15) is 11.5 Å². The van der Waals surface area contributed by atoms with Crippen LogP contribution in [0.2, 0.25) is 0 Å². The van der Waals surface area contributed by atoms with Crippen LogP contribution in [-0.4, -0.2) is 16.0 Å². The van der Waals surface area contributed by atoms with E-state index >= 15 is 0 Å². The van der Waals surface area contributed by atoms with Crippen molar-refractivity contribution in [3.8, 4) is 5.75 Å². The van der Waals surface area contributed by atoms with E-state index in [1.165, 1.54) is 0 Å². The summed E-state index contributed by atoms with van der Waals surface area (Å²) in [6.45, 7) is 1.80. The first-order chi connectivity index (χ1) is 8.24. The first-order valence-corrected chi connectivity index (χ1v) is 5.30. The monoisotopic (exact) mass is 227 g/mol. The van der Waals surface area contributed by atoms with Crippen LogP contribution in [0.4, 0.5) is 0 Å². The highest BCUT2D eigenvalue weighted by Gasteiger charge is 2.12. The van der Waals surface area contributed by atoms with E-state index in [1.54, 1.807) is 19.1 Å². The minimum absolute atomic E-state index is 0.143. The summed E-state index contributed by atoms with van der Waals surface area (Å²) in [6.07, 6.45) is 0. The average Bonchev–Trinajstić information content (AvgIpc) is 2.37. The summed E-state index contributed by atoms with van der Waals surface area (Å²) >= 11 is 0. The van der Waals surface area contributed by atoms with Gasteiger partial charge in [-0.1, -0.05) is 47.6 Å². The predicted octanol–water partition coefficient (Wildman–Crippen LogP) is 2.93. The Kier molecular flexibility index (Phi) is 3.10. The molecular weight excluding hydrogens is 214 g/mol. The number of phenols is 1. The number of nitrogens with zero attached hydrogens (tertiary/aromatic N) is 1. The van der Waals surface area contributed by atoms with Crippen molar-refractivity contribution in [1.82, 2.24) is 0 Å². The fourth-order valence-corrected chi connectivity index (χ4v) is 1.71. The summed E-state index contributed by atoms with van der Waals surface area (Å²) in [5.41, 5.74) is 2.40. The lowest BCUT2D eigenvalue weighted by atomic mass is 10.00. The maximum atomic E-state index is 9.97. The zero-order valence-corrected chi connectivity index (χ0v) is 9.46. The normalized spacial score (nSPS) is 11.5. The number of para-hydroxylation sites is 1. The Morgan fingerprint density at radius 3 is 2.35 bits per heavy atom. The third-order valence-electron chi connectivity index (χ3n) is 2.64. The zero-order valence-electron chi connectivity index (χ0n) is 9.46. The van der Waals surface area contributed by atoms with Gasteiger partial charge < -0.3 is 10.3 Å². The molecule has 3 nitrogen and oxygen atoms in total. The van der Waals surface area contributed by atoms with Gasteiger partial charge in [-0.3, -0.25) is 0 Å². The van der Waals surface area contributed by atoms with Crippen molar-refractivity contribution in [2.24, 2.45) is 5.16 Å². The van der Waals surface area contributed by atoms with Crippen molar-refractivity contribution >= 4 is 5.71 Å². The molecule has 86 valence electrons. The average molecular weight is 227 g/mol. The lowest BCUT2D eigenvalue weighted by molar-refractivity contribution is 0.319. The smallest absolute Gasteiger partial charge is 0.128 e. The third-order valence-corrected chi connectivity index (χ3v) is 2.64. The maximum Gasteiger partial charge on any atom is 0.128 e. The van der Waals surface area contributed by atoms with Crippen LogP contribution >= 0.6 is 0 Å². The zero-order chi connectivity index (χ0) is 12.3. The van der Waals surface area contributed by atoms with Crippen molar-refractivity contribution in [1.29, 1.82) is 0 Å². The molecule has 2 rings (SSSR count). The van der Waals surface area contributed by atoms with E-state index in [2.05, 4.69) is 5.16 Å². The molecule has 2 aromatic carbocycles. The van der Waals surface area contributed by atoms with Gasteiger partial charge in [-0.15, -0.1) is 0 Å². The molecule has 0 bridgehead atoms. The Hall–Kier alpha value is -2.29. The molecule has 17 heavy (non-hydrogen) atoms. The van der Waals surface area contributed by atoms with E-state index in [0.29, 0.717) is 11.3 Å². The Labute approximate surface area is 99.7 Å². The summed E-state index contributed by atoms with van der Waals surface area (Å²) in [7, 11) is 0. The fourth-order valence-electron chi connectivity index (χ4n) is 1.71. The molecule has 0 aromatic heterocycles. The second-order valence-electron chi connectivity index (χ2n) is 3.79. The quantitative estimate of drug-likeness (QED) is 0.471. The van der Waals surface area contributed by atoms with Gasteiger partial charge in [-0.2, -0.15) is 0 Å². The molecular formula is C14H13NO2. The number of benzene rings is 2. The van der Waals surface area contributed by atoms with Crippen LogP contribution in [0.1, 0.15) is 16.7 Å². The fraction of sp³-hybridized carbons (Fsp3) is 0.0714. The Balaban J connectivity index is 2.55. The van der Waals surface area contributed by atoms with E-state index in [1.807, 2.05) is 36.4 Å². The van der Waals surface area contributed by atoms with E-state index < -0.39 is 0 Å². The Morgan fingerprint density at radius 2 is 1.71 bits per heavy atom. The van der Waals surface area contributed by atoms with Gasteiger partial charge in [0.15, 0.2) is 0 Å². The van der Waals surface area contributed by atoms with Gasteiger partial charge in [0.2, 0.25) is 0 Å². The van der Waals surface area contributed by atoms with Crippen molar-refractivity contribution in [3.63, 3.8) is 0 Å². The van der Waals surface area contributed by atoms with E-state index in [0.717, 1.165) is 11.1 Å². The van der Waals surface area contributed by atoms with Crippen LogP contribution in [-0.2, 0) is 0 Å². The second-order valence-corrected chi connectivity index (χ2v) is 3.79. The summed E-state index contributed by atoms with van der Waals surface area (Å²) in [5.74, 6) is 0.143. The van der Waals surface area contributed by atoms with Crippen molar-refractivity contribution in [2.75, 3.05) is 0 Å². The molecule has 0 amide bonds. The van der Waals surface area contributed by atoms with Gasteiger partial charge in [-0.05, 0) is 18.6 Å². The lowest BCUT2D eigenvalue weighted by Crippen LogP contribution is -2.04. The molecule has 3 heteroatoms. The molecule has 0 heterocycles. The number of hydrogen-bond acceptors (Lipinski definition) is 3. The number of oxime groups is 1. The summed E-state index contributed by atoms with van der Waals surface area (Å²) in [5, 5.41) is 22.4. The standard InChI is InChI=1S/C14H13NO2/c1-10-6-5-9-12(14(10)16)13(15-17)11-7-3-2-4-8-11/h2-9,16-17H,1H3/b15-13-. The van der Waals surface area contributed by atoms with Crippen LogP contribution in [0.25, 0.3) is 0 Å². The molecule has 0 aliphatic rings. The van der Waals surface area contributed by atoms with E-state index in [-0.39, 0.29) is 5.75 Å². The molecule has 0 atom stereocenters. The van der Waals surface area contributed by atoms with Crippen molar-refractivity contribution < 1.29 is 10.3 Å². The van der Waals surface area contributed by atoms with Crippen LogP contribution in [0, 0.1) is 6.92 Å². The Morgan fingerprint density at radius 1 is 1.00 bits per heavy atom. The Bertz CT molecular complexity index is 547. The van der Waals surface area contributed by atoms with Gasteiger partial charge in [-0.25, -0.2) is 0 Å². The molecule has 0 fully saturated rings. The summed E-state index contributed by atoms with van der Waals surface area (Å²) in [6, 6.07) is 14.6. The van der Waals surface area contributed by atoms with Crippen LogP contribution in [0.15, 0.2) is 53.7 Å². The number of phenolic OH excluding ortho intramolecular Hbond substituents is 1. The summed E-state index contributed by atoms with van der Waals surface area (Å²) in [4.78, 5) is 0. The number of hydrogen-bond donors (Lipinski definition) is 2. The first-order valence-electron chi connectivity index (χ1n) is 5.30. The van der Waals surface area contributed by atoms with Gasteiger partial charge >= 0.3 is 0 Å². The van der Waals surface area contributed by atoms with Crippen LogP contribution < -0.4 is 0 Å². The lowest BCUT2D eigenvalue weighted by Gasteiger charge is -2.08. The molecule has 0 saturated carbocycles. The van der Waals surface area contributed by atoms with Gasteiger partial charge in [0, 0.05) is 11.1 Å². The molecule has 0 unspecified atom stereocenters. The molecule has 0 aliphatic heterocycles. The minimum atomic E-state index is 0.143. The summed E-state index contributed by atoms with van der Waals surface area (Å²) < 4.78 is 0. The number of aromatic hydroxyl groups is 1. The third kappa shape index (κ3) is 2.13. The van der Waals surface area contributed by atoms with Gasteiger partial charge in [0.25, 0.3) is 0 Å². The molecule has 2 N–H and O–H groups in total. The molecule has 0 aliphatic carbocycles. The van der Waals surface area contributed by atoms with Crippen LogP contribution in [0.3, 0.4) is 0 Å². The minimum Gasteiger partial charge on any atom is -0.507 e. The predicted molar refractivity (Wildman–Crippen MR) is 66.7 cm³/mol. The van der Waals surface area contributed by atoms with E-state index in [4.69, 9.17) is 5.21 Å². The highest BCUT2D eigenvalue weighted by molar-refractivity contribution is 6.14. The topological polar surface area (TPSA) is 52.8 Å².